The third kappa shape index (κ3) is 2.22. The lowest BCUT2D eigenvalue weighted by atomic mass is 9.70. The average molecular weight is 393 g/mol. The summed E-state index contributed by atoms with van der Waals surface area (Å²) in [5.41, 5.74) is 1.36. The van der Waals surface area contributed by atoms with E-state index in [9.17, 15) is 14.0 Å². The third-order valence-corrected chi connectivity index (χ3v) is 5.35. The average Bonchev–Trinajstić information content (AvgIpc) is 2.83. The highest BCUT2D eigenvalue weighted by atomic mass is 79.9. The zero-order valence-corrected chi connectivity index (χ0v) is 14.5. The van der Waals surface area contributed by atoms with Crippen LogP contribution in [-0.2, 0) is 11.8 Å². The normalized spacial score (nSPS) is 22.8. The van der Waals surface area contributed by atoms with Gasteiger partial charge in [0.25, 0.3) is 0 Å². The monoisotopic (exact) mass is 392 g/mol. The molecule has 5 nitrogen and oxygen atoms in total. The van der Waals surface area contributed by atoms with Gasteiger partial charge in [-0.2, -0.15) is 4.74 Å². The van der Waals surface area contributed by atoms with Gasteiger partial charge in [0.15, 0.2) is 5.82 Å². The molecule has 24 heavy (non-hydrogen) atoms. The molecule has 0 bridgehead atoms. The fourth-order valence-corrected chi connectivity index (χ4v) is 4.08. The maximum absolute atomic E-state index is 13.6. The number of ketones is 1. The van der Waals surface area contributed by atoms with Crippen LogP contribution in [0.25, 0.3) is 0 Å². The van der Waals surface area contributed by atoms with E-state index in [0.29, 0.717) is 34.3 Å². The molecule has 0 N–H and O–H groups in total. The minimum atomic E-state index is -0.501. The van der Waals surface area contributed by atoms with Crippen LogP contribution in [0.2, 0.25) is 0 Å². The predicted octanol–water partition coefficient (Wildman–Crippen LogP) is 3.47. The summed E-state index contributed by atoms with van der Waals surface area (Å²) in [6, 6.07) is 4.58. The van der Waals surface area contributed by atoms with Crippen molar-refractivity contribution in [2.45, 2.75) is 25.2 Å². The van der Waals surface area contributed by atoms with Gasteiger partial charge >= 0.3 is 5.63 Å². The number of carbonyl (C=O) groups is 1. The summed E-state index contributed by atoms with van der Waals surface area (Å²) in [5, 5.41) is 0. The van der Waals surface area contributed by atoms with E-state index in [1.807, 2.05) is 0 Å². The van der Waals surface area contributed by atoms with Crippen LogP contribution >= 0.6 is 15.9 Å². The number of fused-ring (bicyclic) bond motifs is 2. The molecule has 2 atom stereocenters. The van der Waals surface area contributed by atoms with Crippen molar-refractivity contribution < 1.29 is 13.7 Å². The highest BCUT2D eigenvalue weighted by molar-refractivity contribution is 9.10. The molecule has 1 aromatic heterocycles. The molecule has 1 aliphatic heterocycles. The molecule has 4 rings (SSSR count). The molecule has 1 fully saturated rings. The number of rotatable bonds is 1. The van der Waals surface area contributed by atoms with Gasteiger partial charge in [0.1, 0.15) is 11.6 Å². The summed E-state index contributed by atoms with van der Waals surface area (Å²) in [6.45, 7) is 0. The van der Waals surface area contributed by atoms with Gasteiger partial charge in [-0.15, -0.1) is 0 Å². The first kappa shape index (κ1) is 15.5. The molecule has 1 aromatic carbocycles. The molecule has 2 aromatic rings. The fourth-order valence-electron chi connectivity index (χ4n) is 3.69. The molecular weight excluding hydrogens is 379 g/mol. The maximum Gasteiger partial charge on any atom is 0.363 e. The van der Waals surface area contributed by atoms with Crippen LogP contribution in [0.1, 0.15) is 36.3 Å². The van der Waals surface area contributed by atoms with Crippen molar-refractivity contribution in [2.75, 3.05) is 0 Å². The molecule has 2 heterocycles. The molecule has 2 unspecified atom stereocenters. The van der Waals surface area contributed by atoms with E-state index >= 15 is 0 Å². The minimum Gasteiger partial charge on any atom is -0.334 e. The quantitative estimate of drug-likeness (QED) is 0.746. The summed E-state index contributed by atoms with van der Waals surface area (Å²) in [6.07, 6.45) is 1.94. The molecule has 0 amide bonds. The van der Waals surface area contributed by atoms with E-state index in [0.717, 1.165) is 12.1 Å². The molecule has 0 radical (unpaired) electrons. The smallest absolute Gasteiger partial charge is 0.334 e. The Balaban J connectivity index is 1.98. The van der Waals surface area contributed by atoms with E-state index < -0.39 is 23.3 Å². The summed E-state index contributed by atoms with van der Waals surface area (Å²) >= 11 is 3.18. The lowest BCUT2D eigenvalue weighted by molar-refractivity contribution is -0.121. The second kappa shape index (κ2) is 5.51. The van der Waals surface area contributed by atoms with Crippen molar-refractivity contribution in [2.24, 2.45) is 18.0 Å². The second-order valence-electron chi connectivity index (χ2n) is 6.17. The Morgan fingerprint density at radius 2 is 2.08 bits per heavy atom. The molecule has 2 aliphatic rings. The Labute approximate surface area is 145 Å². The number of benzene rings is 1. The van der Waals surface area contributed by atoms with Gasteiger partial charge in [0.2, 0.25) is 0 Å². The Hall–Kier alpha value is -2.02. The number of aliphatic imine (C=N–C) groups is 1. The number of aromatic nitrogens is 1. The Kier molecular flexibility index (Phi) is 3.56. The third-order valence-electron chi connectivity index (χ3n) is 4.74. The zero-order chi connectivity index (χ0) is 17.0. The number of halogens is 2. The standard InChI is InChI=1S/C17H14BrFN2O3/c1-21-16-15(17(23)24-21)13(8-5-6-10(19)9(18)7-8)14-11(20-16)3-2-4-12(14)22/h5-7,13-14H,2-4H2,1H3. The van der Waals surface area contributed by atoms with Gasteiger partial charge in [0, 0.05) is 25.1 Å². The van der Waals surface area contributed by atoms with E-state index in [1.54, 1.807) is 19.2 Å². The number of Topliss-reactive ketones (excluding diaryl/α,β-unsaturated/α-hetero) is 1. The van der Waals surface area contributed by atoms with Crippen LogP contribution < -0.4 is 5.63 Å². The van der Waals surface area contributed by atoms with Crippen molar-refractivity contribution in [1.29, 1.82) is 0 Å². The summed E-state index contributed by atoms with van der Waals surface area (Å²) < 4.78 is 20.4. The number of aryl methyl sites for hydroxylation is 1. The first-order chi connectivity index (χ1) is 11.5. The zero-order valence-electron chi connectivity index (χ0n) is 12.9. The fraction of sp³-hybridized carbons (Fsp3) is 0.353. The highest BCUT2D eigenvalue weighted by Gasteiger charge is 2.44. The molecule has 1 aliphatic carbocycles. The molecule has 7 heteroatoms. The van der Waals surface area contributed by atoms with Crippen LogP contribution in [0, 0.1) is 11.7 Å². The van der Waals surface area contributed by atoms with Gasteiger partial charge in [-0.05, 0) is 46.5 Å². The van der Waals surface area contributed by atoms with E-state index in [2.05, 4.69) is 20.9 Å². The Morgan fingerprint density at radius 3 is 2.83 bits per heavy atom. The van der Waals surface area contributed by atoms with Crippen LogP contribution in [0.5, 0.6) is 0 Å². The topological polar surface area (TPSA) is 64.6 Å². The first-order valence-corrected chi connectivity index (χ1v) is 8.52. The molecule has 0 spiro atoms. The predicted molar refractivity (Wildman–Crippen MR) is 89.3 cm³/mol. The lowest BCUT2D eigenvalue weighted by Crippen LogP contribution is -2.37. The van der Waals surface area contributed by atoms with Crippen molar-refractivity contribution in [3.63, 3.8) is 0 Å². The summed E-state index contributed by atoms with van der Waals surface area (Å²) in [7, 11) is 1.62. The number of carbonyl (C=O) groups excluding carboxylic acids is 1. The SMILES string of the molecule is Cn1oc(=O)c2c1N=C1CCCC(=O)C1C2c1ccc(F)c(Br)c1. The highest BCUT2D eigenvalue weighted by Crippen LogP contribution is 2.44. The van der Waals surface area contributed by atoms with Crippen LogP contribution in [-0.4, -0.2) is 16.2 Å². The van der Waals surface area contributed by atoms with Crippen molar-refractivity contribution >= 4 is 33.2 Å². The van der Waals surface area contributed by atoms with Gasteiger partial charge in [-0.25, -0.2) is 14.2 Å². The second-order valence-corrected chi connectivity index (χ2v) is 7.02. The van der Waals surface area contributed by atoms with Crippen LogP contribution in [0.3, 0.4) is 0 Å². The minimum absolute atomic E-state index is 0.0688. The van der Waals surface area contributed by atoms with Gasteiger partial charge in [-0.1, -0.05) is 6.07 Å². The summed E-state index contributed by atoms with van der Waals surface area (Å²) in [4.78, 5) is 29.5. The molecule has 124 valence electrons. The van der Waals surface area contributed by atoms with E-state index in [4.69, 9.17) is 4.52 Å². The first-order valence-electron chi connectivity index (χ1n) is 7.72. The van der Waals surface area contributed by atoms with Gasteiger partial charge < -0.3 is 4.52 Å². The molecule has 0 saturated heterocycles. The largest absolute Gasteiger partial charge is 0.363 e. The summed E-state index contributed by atoms with van der Waals surface area (Å²) in [5.74, 6) is -0.840. The maximum atomic E-state index is 13.6. The van der Waals surface area contributed by atoms with E-state index in [-0.39, 0.29) is 5.78 Å². The van der Waals surface area contributed by atoms with E-state index in [1.165, 1.54) is 10.8 Å². The van der Waals surface area contributed by atoms with Gasteiger partial charge in [-0.3, -0.25) is 4.79 Å². The van der Waals surface area contributed by atoms with Crippen LogP contribution in [0.4, 0.5) is 10.2 Å². The number of hydrogen-bond acceptors (Lipinski definition) is 4. The Bertz CT molecular complexity index is 944. The van der Waals surface area contributed by atoms with Gasteiger partial charge in [0.05, 0.1) is 16.0 Å². The molecular formula is C17H14BrFN2O3. The molecule has 1 saturated carbocycles. The lowest BCUT2D eigenvalue weighted by Gasteiger charge is -2.33. The number of nitrogens with zero attached hydrogens (tertiary/aromatic N) is 2. The number of hydrogen-bond donors (Lipinski definition) is 0. The van der Waals surface area contributed by atoms with Crippen molar-refractivity contribution in [3.05, 3.63) is 50.0 Å². The van der Waals surface area contributed by atoms with Crippen molar-refractivity contribution in [1.82, 2.24) is 4.74 Å². The Morgan fingerprint density at radius 1 is 1.29 bits per heavy atom. The van der Waals surface area contributed by atoms with Crippen molar-refractivity contribution in [3.8, 4) is 0 Å². The van der Waals surface area contributed by atoms with Crippen LogP contribution in [0.15, 0.2) is 37.0 Å².